The predicted molar refractivity (Wildman–Crippen MR) is 75.7 cm³/mol. The quantitative estimate of drug-likeness (QED) is 0.754. The van der Waals surface area contributed by atoms with Crippen LogP contribution in [0.25, 0.3) is 0 Å². The van der Waals surface area contributed by atoms with E-state index >= 15 is 0 Å². The first-order chi connectivity index (χ1) is 10.3. The van der Waals surface area contributed by atoms with Crippen molar-refractivity contribution in [3.05, 3.63) is 59.2 Å². The van der Waals surface area contributed by atoms with Crippen molar-refractivity contribution in [2.24, 2.45) is 0 Å². The fourth-order valence-corrected chi connectivity index (χ4v) is 2.78. The summed E-state index contributed by atoms with van der Waals surface area (Å²) in [6, 6.07) is 13.3. The molecule has 2 aromatic rings. The summed E-state index contributed by atoms with van der Waals surface area (Å²) in [7, 11) is 0. The van der Waals surface area contributed by atoms with Crippen LogP contribution in [0.1, 0.15) is 27.6 Å². The van der Waals surface area contributed by atoms with E-state index in [0.717, 1.165) is 16.9 Å². The Labute approximate surface area is 122 Å². The second kappa shape index (κ2) is 4.81. The van der Waals surface area contributed by atoms with Gasteiger partial charge in [0.1, 0.15) is 19.3 Å². The smallest absolute Gasteiger partial charge is 0.339 e. The summed E-state index contributed by atoms with van der Waals surface area (Å²) in [6.45, 7) is 1.11. The van der Waals surface area contributed by atoms with Gasteiger partial charge in [-0.25, -0.2) is 4.79 Å². The molecule has 2 aliphatic heterocycles. The van der Waals surface area contributed by atoms with Crippen molar-refractivity contribution in [3.63, 3.8) is 0 Å². The zero-order chi connectivity index (χ0) is 14.2. The van der Waals surface area contributed by atoms with Crippen molar-refractivity contribution in [1.29, 1.82) is 0 Å². The third-order valence-electron chi connectivity index (χ3n) is 3.83. The molecule has 0 radical (unpaired) electrons. The van der Waals surface area contributed by atoms with E-state index in [1.165, 1.54) is 0 Å². The molecule has 2 aliphatic rings. The highest BCUT2D eigenvalue weighted by Crippen LogP contribution is 2.36. The van der Waals surface area contributed by atoms with E-state index in [9.17, 15) is 4.79 Å². The number of fused-ring (bicyclic) bond motifs is 2. The number of esters is 1. The Balaban J connectivity index is 1.67. The number of hydrogen-bond acceptors (Lipinski definition) is 4. The first kappa shape index (κ1) is 12.3. The molecule has 0 N–H and O–H groups in total. The average molecular weight is 282 g/mol. The summed E-state index contributed by atoms with van der Waals surface area (Å²) in [5, 5.41) is 0. The van der Waals surface area contributed by atoms with Crippen LogP contribution in [0.2, 0.25) is 0 Å². The third-order valence-corrected chi connectivity index (χ3v) is 3.83. The zero-order valence-electron chi connectivity index (χ0n) is 11.4. The van der Waals surface area contributed by atoms with Crippen LogP contribution in [0, 0.1) is 0 Å². The zero-order valence-corrected chi connectivity index (χ0v) is 11.4. The van der Waals surface area contributed by atoms with Crippen LogP contribution < -0.4 is 9.47 Å². The van der Waals surface area contributed by atoms with E-state index in [0.29, 0.717) is 30.9 Å². The van der Waals surface area contributed by atoms with Crippen LogP contribution in [0.5, 0.6) is 11.5 Å². The summed E-state index contributed by atoms with van der Waals surface area (Å²) in [4.78, 5) is 12.1. The number of rotatable bonds is 1. The molecule has 0 saturated heterocycles. The molecule has 2 aromatic carbocycles. The second-order valence-corrected chi connectivity index (χ2v) is 5.16. The largest absolute Gasteiger partial charge is 0.486 e. The van der Waals surface area contributed by atoms with Crippen LogP contribution >= 0.6 is 0 Å². The standard InChI is InChI=1S/C17H14O4/c18-17-13-4-2-1-3-11(13)9-15(21-17)12-5-6-14-16(10-12)20-8-7-19-14/h1-6,10,15H,7-9H2. The lowest BCUT2D eigenvalue weighted by molar-refractivity contribution is 0.0251. The van der Waals surface area contributed by atoms with Crippen molar-refractivity contribution in [2.75, 3.05) is 13.2 Å². The van der Waals surface area contributed by atoms with Gasteiger partial charge in [-0.2, -0.15) is 0 Å². The first-order valence-electron chi connectivity index (χ1n) is 7.00. The highest BCUT2D eigenvalue weighted by Gasteiger charge is 2.28. The van der Waals surface area contributed by atoms with Crippen LogP contribution in [0.4, 0.5) is 0 Å². The third kappa shape index (κ3) is 2.13. The van der Waals surface area contributed by atoms with Gasteiger partial charge in [0, 0.05) is 6.42 Å². The van der Waals surface area contributed by atoms with Gasteiger partial charge in [0.05, 0.1) is 5.56 Å². The van der Waals surface area contributed by atoms with Gasteiger partial charge in [-0.05, 0) is 29.3 Å². The summed E-state index contributed by atoms with van der Waals surface area (Å²) < 4.78 is 16.7. The maximum Gasteiger partial charge on any atom is 0.339 e. The normalized spacial score (nSPS) is 19.6. The molecule has 0 amide bonds. The SMILES string of the molecule is O=C1OC(c2ccc3c(c2)OCCO3)Cc2ccccc21. The summed E-state index contributed by atoms with van der Waals surface area (Å²) in [5.41, 5.74) is 2.61. The first-order valence-corrected chi connectivity index (χ1v) is 7.00. The molecule has 0 saturated carbocycles. The molecule has 1 unspecified atom stereocenters. The molecule has 0 aliphatic carbocycles. The van der Waals surface area contributed by atoms with E-state index < -0.39 is 0 Å². The van der Waals surface area contributed by atoms with E-state index in [2.05, 4.69) is 0 Å². The van der Waals surface area contributed by atoms with Gasteiger partial charge < -0.3 is 14.2 Å². The van der Waals surface area contributed by atoms with Crippen LogP contribution in [-0.4, -0.2) is 19.2 Å². The minimum absolute atomic E-state index is 0.267. The Kier molecular flexibility index (Phi) is 2.81. The Morgan fingerprint density at radius 3 is 2.67 bits per heavy atom. The van der Waals surface area contributed by atoms with Gasteiger partial charge >= 0.3 is 5.97 Å². The van der Waals surface area contributed by atoms with Crippen LogP contribution in [0.15, 0.2) is 42.5 Å². The fraction of sp³-hybridized carbons (Fsp3) is 0.235. The number of ether oxygens (including phenoxy) is 3. The van der Waals surface area contributed by atoms with Gasteiger partial charge in [0.25, 0.3) is 0 Å². The fourth-order valence-electron chi connectivity index (χ4n) is 2.78. The molecule has 0 fully saturated rings. The van der Waals surface area contributed by atoms with Crippen molar-refractivity contribution < 1.29 is 19.0 Å². The number of carbonyl (C=O) groups is 1. The Hall–Kier alpha value is -2.49. The molecule has 4 rings (SSSR count). The average Bonchev–Trinajstić information content (AvgIpc) is 2.54. The molecule has 0 bridgehead atoms. The van der Waals surface area contributed by atoms with Gasteiger partial charge in [-0.1, -0.05) is 24.3 Å². The summed E-state index contributed by atoms with van der Waals surface area (Å²) in [6.07, 6.45) is 0.407. The molecule has 2 heterocycles. The Morgan fingerprint density at radius 2 is 1.76 bits per heavy atom. The highest BCUT2D eigenvalue weighted by molar-refractivity contribution is 5.92. The summed E-state index contributed by atoms with van der Waals surface area (Å²) >= 11 is 0. The van der Waals surface area contributed by atoms with Gasteiger partial charge in [-0.3, -0.25) is 0 Å². The summed E-state index contributed by atoms with van der Waals surface area (Å²) in [5.74, 6) is 1.19. The van der Waals surface area contributed by atoms with Crippen molar-refractivity contribution in [1.82, 2.24) is 0 Å². The van der Waals surface area contributed by atoms with Gasteiger partial charge in [-0.15, -0.1) is 0 Å². The van der Waals surface area contributed by atoms with Crippen molar-refractivity contribution >= 4 is 5.97 Å². The topological polar surface area (TPSA) is 44.8 Å². The van der Waals surface area contributed by atoms with E-state index in [1.807, 2.05) is 36.4 Å². The second-order valence-electron chi connectivity index (χ2n) is 5.16. The van der Waals surface area contributed by atoms with E-state index in [4.69, 9.17) is 14.2 Å². The minimum atomic E-state index is -0.275. The maximum absolute atomic E-state index is 12.1. The van der Waals surface area contributed by atoms with Crippen molar-refractivity contribution in [2.45, 2.75) is 12.5 Å². The number of carbonyl (C=O) groups excluding carboxylic acids is 1. The number of cyclic esters (lactones) is 1. The molecular formula is C17H14O4. The number of benzene rings is 2. The van der Waals surface area contributed by atoms with Gasteiger partial charge in [0.2, 0.25) is 0 Å². The monoisotopic (exact) mass is 282 g/mol. The van der Waals surface area contributed by atoms with Crippen molar-refractivity contribution in [3.8, 4) is 11.5 Å². The molecule has 106 valence electrons. The molecule has 4 nitrogen and oxygen atoms in total. The molecule has 1 atom stereocenters. The molecular weight excluding hydrogens is 268 g/mol. The van der Waals surface area contributed by atoms with E-state index in [1.54, 1.807) is 6.07 Å². The molecule has 0 aromatic heterocycles. The molecule has 4 heteroatoms. The van der Waals surface area contributed by atoms with E-state index in [-0.39, 0.29) is 12.1 Å². The van der Waals surface area contributed by atoms with Crippen LogP contribution in [-0.2, 0) is 11.2 Å². The minimum Gasteiger partial charge on any atom is -0.486 e. The Bertz CT molecular complexity index is 708. The lowest BCUT2D eigenvalue weighted by Gasteiger charge is -2.26. The van der Waals surface area contributed by atoms with Gasteiger partial charge in [0.15, 0.2) is 11.5 Å². The Morgan fingerprint density at radius 1 is 0.952 bits per heavy atom. The lowest BCUT2D eigenvalue weighted by Crippen LogP contribution is -2.22. The highest BCUT2D eigenvalue weighted by atomic mass is 16.6. The molecule has 0 spiro atoms. The molecule has 21 heavy (non-hydrogen) atoms. The lowest BCUT2D eigenvalue weighted by atomic mass is 9.94. The maximum atomic E-state index is 12.1. The predicted octanol–water partition coefficient (Wildman–Crippen LogP) is 2.91. The number of hydrogen-bond donors (Lipinski definition) is 0. The van der Waals surface area contributed by atoms with Crippen LogP contribution in [0.3, 0.4) is 0 Å².